The third kappa shape index (κ3) is 4.58. The van der Waals surface area contributed by atoms with Crippen molar-refractivity contribution in [1.29, 1.82) is 0 Å². The number of hydrogen-bond donors (Lipinski definition) is 3. The van der Waals surface area contributed by atoms with Crippen molar-refractivity contribution in [1.82, 2.24) is 19.9 Å². The minimum atomic E-state index is 0.0992. The van der Waals surface area contributed by atoms with E-state index in [1.807, 2.05) is 11.4 Å². The molecule has 5 heterocycles. The summed E-state index contributed by atoms with van der Waals surface area (Å²) in [4.78, 5) is 34.1. The molecule has 10 heteroatoms. The highest BCUT2D eigenvalue weighted by atomic mass is 32.1. The van der Waals surface area contributed by atoms with Gasteiger partial charge in [0.05, 0.1) is 5.39 Å². The third-order valence-corrected chi connectivity index (χ3v) is 7.19. The lowest BCUT2D eigenvalue weighted by Crippen LogP contribution is -2.57. The number of amides is 1. The number of rotatable bonds is 5. The first-order valence-electron chi connectivity index (χ1n) is 11.5. The van der Waals surface area contributed by atoms with Gasteiger partial charge in [0.25, 0.3) is 5.91 Å². The normalized spacial score (nSPS) is 23.2. The van der Waals surface area contributed by atoms with Crippen molar-refractivity contribution >= 4 is 45.1 Å². The summed E-state index contributed by atoms with van der Waals surface area (Å²) in [6.07, 6.45) is 9.83. The van der Waals surface area contributed by atoms with Crippen LogP contribution >= 0.6 is 11.3 Å². The van der Waals surface area contributed by atoms with Gasteiger partial charge in [0.15, 0.2) is 5.82 Å². The first-order chi connectivity index (χ1) is 16.5. The molecule has 176 valence electrons. The molecule has 2 saturated heterocycles. The van der Waals surface area contributed by atoms with Crippen molar-refractivity contribution in [3.05, 3.63) is 53.3 Å². The number of carbonyl (C=O) groups is 1. The number of fused-ring (bicyclic) bond motifs is 3. The first-order valence-corrected chi connectivity index (χ1v) is 12.4. The highest BCUT2D eigenvalue weighted by Gasteiger charge is 2.41. The van der Waals surface area contributed by atoms with Gasteiger partial charge in [0, 0.05) is 41.8 Å². The van der Waals surface area contributed by atoms with Crippen LogP contribution in [0.5, 0.6) is 0 Å². The minimum Gasteiger partial charge on any atom is -0.402 e. The molecular weight excluding hydrogens is 448 g/mol. The Morgan fingerprint density at radius 3 is 2.62 bits per heavy atom. The van der Waals surface area contributed by atoms with Crippen molar-refractivity contribution in [2.24, 2.45) is 16.5 Å². The lowest BCUT2D eigenvalue weighted by atomic mass is 9.81. The van der Waals surface area contributed by atoms with Crippen LogP contribution in [0.2, 0.25) is 0 Å². The van der Waals surface area contributed by atoms with E-state index in [9.17, 15) is 4.79 Å². The van der Waals surface area contributed by atoms with Gasteiger partial charge in [-0.1, -0.05) is 0 Å². The summed E-state index contributed by atoms with van der Waals surface area (Å²) < 4.78 is 0. The van der Waals surface area contributed by atoms with E-state index < -0.39 is 0 Å². The fourth-order valence-electron chi connectivity index (χ4n) is 5.03. The molecule has 0 radical (unpaired) electrons. The summed E-state index contributed by atoms with van der Waals surface area (Å²) in [5.41, 5.74) is 13.0. The highest BCUT2D eigenvalue weighted by Crippen LogP contribution is 2.36. The number of pyridine rings is 1. The van der Waals surface area contributed by atoms with Gasteiger partial charge >= 0.3 is 0 Å². The number of allylic oxidation sites excluding steroid dienone is 1. The Morgan fingerprint density at radius 1 is 1.18 bits per heavy atom. The van der Waals surface area contributed by atoms with Crippen LogP contribution in [-0.2, 0) is 0 Å². The number of aliphatic imine (C=N–C) groups is 1. The summed E-state index contributed by atoms with van der Waals surface area (Å²) in [5.74, 6) is 1.46. The van der Waals surface area contributed by atoms with Crippen LogP contribution in [-0.4, -0.2) is 49.7 Å². The van der Waals surface area contributed by atoms with Gasteiger partial charge in [-0.25, -0.2) is 9.98 Å². The molecule has 0 aromatic carbocycles. The van der Waals surface area contributed by atoms with E-state index in [4.69, 9.17) is 16.5 Å². The minimum absolute atomic E-state index is 0.0992. The Balaban J connectivity index is 1.37. The maximum Gasteiger partial charge on any atom is 0.254 e. The second-order valence-corrected chi connectivity index (χ2v) is 9.83. The molecule has 1 amide bonds. The van der Waals surface area contributed by atoms with E-state index in [1.165, 1.54) is 11.3 Å². The molecule has 3 aromatic rings. The Kier molecular flexibility index (Phi) is 6.14. The predicted molar refractivity (Wildman–Crippen MR) is 135 cm³/mol. The largest absolute Gasteiger partial charge is 0.402 e. The lowest BCUT2D eigenvalue weighted by molar-refractivity contribution is 0.0259. The maximum absolute atomic E-state index is 13.2. The average molecular weight is 477 g/mol. The summed E-state index contributed by atoms with van der Waals surface area (Å²) in [6, 6.07) is 6.10. The summed E-state index contributed by atoms with van der Waals surface area (Å²) >= 11 is 1.54. The monoisotopic (exact) mass is 476 g/mol. The van der Waals surface area contributed by atoms with Gasteiger partial charge in [-0.05, 0) is 68.7 Å². The molecule has 2 bridgehead atoms. The Morgan fingerprint density at radius 2 is 1.91 bits per heavy atom. The standard InChI is InChI=1S/C24H28N8OS/c1-14(25)11-20(26)29-21-19-7-10-34-22(19)31-24(30-21)28-16-12-17-3-2-4-18(13-16)32(17)23(33)15-5-8-27-9-6-15/h5-11,16-18H,2-4,12-13,25H2,1H3,(H3,26,28,29,30,31)/b14-11-/t16?,17-,18+. The molecule has 9 nitrogen and oxygen atoms in total. The van der Waals surface area contributed by atoms with Crippen molar-refractivity contribution in [2.45, 2.75) is 57.2 Å². The highest BCUT2D eigenvalue weighted by molar-refractivity contribution is 7.16. The van der Waals surface area contributed by atoms with Crippen molar-refractivity contribution in [3.8, 4) is 0 Å². The average Bonchev–Trinajstić information content (AvgIpc) is 3.27. The summed E-state index contributed by atoms with van der Waals surface area (Å²) in [5, 5.41) is 6.36. The van der Waals surface area contributed by atoms with Gasteiger partial charge < -0.3 is 21.7 Å². The molecule has 0 spiro atoms. The van der Waals surface area contributed by atoms with Gasteiger partial charge in [0.2, 0.25) is 5.95 Å². The first kappa shape index (κ1) is 22.3. The second-order valence-electron chi connectivity index (χ2n) is 8.93. The predicted octanol–water partition coefficient (Wildman–Crippen LogP) is 3.58. The number of piperidine rings is 2. The molecule has 2 aliphatic rings. The second kappa shape index (κ2) is 9.38. The van der Waals surface area contributed by atoms with E-state index >= 15 is 0 Å². The number of aromatic nitrogens is 3. The molecule has 2 fully saturated rings. The molecular formula is C24H28N8OS. The number of nitrogens with two attached hydrogens (primary N) is 2. The topological polar surface area (TPSA) is 135 Å². The fraction of sp³-hybridized carbons (Fsp3) is 0.375. The Bertz CT molecular complexity index is 1240. The molecule has 5 N–H and O–H groups in total. The van der Waals surface area contributed by atoms with Crippen LogP contribution in [0.25, 0.3) is 10.2 Å². The smallest absolute Gasteiger partial charge is 0.254 e. The number of hydrogen-bond acceptors (Lipinski definition) is 8. The molecule has 1 unspecified atom stereocenters. The zero-order chi connectivity index (χ0) is 23.7. The van der Waals surface area contributed by atoms with Crippen molar-refractivity contribution in [2.75, 3.05) is 5.32 Å². The third-order valence-electron chi connectivity index (χ3n) is 6.39. The van der Waals surface area contributed by atoms with Crippen molar-refractivity contribution in [3.63, 3.8) is 0 Å². The molecule has 3 aromatic heterocycles. The van der Waals surface area contributed by atoms with E-state index in [-0.39, 0.29) is 24.0 Å². The van der Waals surface area contributed by atoms with Crippen LogP contribution in [0.4, 0.5) is 11.8 Å². The maximum atomic E-state index is 13.2. The number of anilines is 1. The lowest BCUT2D eigenvalue weighted by Gasteiger charge is -2.49. The van der Waals surface area contributed by atoms with E-state index in [2.05, 4.69) is 25.2 Å². The molecule has 3 atom stereocenters. The summed E-state index contributed by atoms with van der Waals surface area (Å²) in [7, 11) is 0. The zero-order valence-corrected chi connectivity index (χ0v) is 19.8. The van der Waals surface area contributed by atoms with Gasteiger partial charge in [-0.2, -0.15) is 4.98 Å². The van der Waals surface area contributed by atoms with E-state index in [0.717, 1.165) is 42.3 Å². The molecule has 2 aliphatic heterocycles. The molecule has 0 aliphatic carbocycles. The van der Waals surface area contributed by atoms with Crippen LogP contribution in [0, 0.1) is 0 Å². The summed E-state index contributed by atoms with van der Waals surface area (Å²) in [6.45, 7) is 1.76. The SMILES string of the molecule is C/C(N)=C/C(N)=Nc1nc(NC2C[C@H]3CCC[C@@H](C2)N3C(=O)c2ccncc2)nc2sccc12. The van der Waals surface area contributed by atoms with Crippen LogP contribution in [0.3, 0.4) is 0 Å². The van der Waals surface area contributed by atoms with Crippen molar-refractivity contribution < 1.29 is 4.79 Å². The number of amidine groups is 1. The number of nitrogens with one attached hydrogen (secondary N) is 1. The quantitative estimate of drug-likeness (QED) is 0.378. The van der Waals surface area contributed by atoms with Gasteiger partial charge in [-0.15, -0.1) is 11.3 Å². The van der Waals surface area contributed by atoms with E-state index in [1.54, 1.807) is 37.5 Å². The fourth-order valence-corrected chi connectivity index (χ4v) is 5.79. The Labute approximate surface area is 202 Å². The molecule has 0 saturated carbocycles. The van der Waals surface area contributed by atoms with E-state index in [0.29, 0.717) is 28.9 Å². The Hall–Kier alpha value is -3.53. The van der Waals surface area contributed by atoms with Gasteiger partial charge in [0.1, 0.15) is 10.7 Å². The van der Waals surface area contributed by atoms with Gasteiger partial charge in [-0.3, -0.25) is 9.78 Å². The van der Waals surface area contributed by atoms with Crippen LogP contribution in [0.15, 0.2) is 52.7 Å². The molecule has 34 heavy (non-hydrogen) atoms. The van der Waals surface area contributed by atoms with Crippen LogP contribution < -0.4 is 16.8 Å². The zero-order valence-electron chi connectivity index (χ0n) is 19.0. The molecule has 5 rings (SSSR count). The number of nitrogens with zero attached hydrogens (tertiary/aromatic N) is 5. The number of carbonyl (C=O) groups excluding carboxylic acids is 1. The van der Waals surface area contributed by atoms with Crippen LogP contribution in [0.1, 0.15) is 49.4 Å². The number of thiophene rings is 1.